The third-order valence-electron chi connectivity index (χ3n) is 3.50. The van der Waals surface area contributed by atoms with E-state index in [1.807, 2.05) is 0 Å². The first-order chi connectivity index (χ1) is 8.29. The molecule has 5 heteroatoms. The van der Waals surface area contributed by atoms with Crippen molar-refractivity contribution in [2.75, 3.05) is 26.4 Å². The highest BCUT2D eigenvalue weighted by Crippen LogP contribution is 2.23. The van der Waals surface area contributed by atoms with Crippen molar-refractivity contribution in [3.63, 3.8) is 0 Å². The first-order valence-electron chi connectivity index (χ1n) is 6.40. The van der Waals surface area contributed by atoms with Gasteiger partial charge in [0.2, 0.25) is 0 Å². The number of hydrogen-bond donors (Lipinski definition) is 2. The average Bonchev–Trinajstić information content (AvgIpc) is 2.40. The molecule has 2 aliphatic rings. The monoisotopic (exact) mass is 243 g/mol. The van der Waals surface area contributed by atoms with E-state index in [1.165, 1.54) is 0 Å². The van der Waals surface area contributed by atoms with Crippen LogP contribution in [0.3, 0.4) is 0 Å². The third kappa shape index (κ3) is 3.66. The van der Waals surface area contributed by atoms with Crippen LogP contribution >= 0.6 is 0 Å². The lowest BCUT2D eigenvalue weighted by atomic mass is 9.86. The summed E-state index contributed by atoms with van der Waals surface area (Å²) in [4.78, 5) is 11.9. The molecule has 1 aliphatic heterocycles. The molecule has 2 fully saturated rings. The van der Waals surface area contributed by atoms with Gasteiger partial charge in [-0.25, -0.2) is 0 Å². The number of carbonyl (C=O) groups is 1. The fraction of sp³-hybridized carbons (Fsp3) is 0.917. The van der Waals surface area contributed by atoms with Crippen molar-refractivity contribution in [1.82, 2.24) is 5.32 Å². The summed E-state index contributed by atoms with van der Waals surface area (Å²) >= 11 is 0. The summed E-state index contributed by atoms with van der Waals surface area (Å²) in [5.41, 5.74) is 0. The number of aliphatic hydroxyl groups is 1. The van der Waals surface area contributed by atoms with Crippen LogP contribution in [0.5, 0.6) is 0 Å². The van der Waals surface area contributed by atoms with Gasteiger partial charge in [-0.15, -0.1) is 0 Å². The minimum absolute atomic E-state index is 0.0757. The first-order valence-corrected chi connectivity index (χ1v) is 6.40. The van der Waals surface area contributed by atoms with Crippen LogP contribution in [0.1, 0.15) is 25.7 Å². The molecule has 2 N–H and O–H groups in total. The molecule has 3 atom stereocenters. The van der Waals surface area contributed by atoms with Crippen LogP contribution in [-0.4, -0.2) is 49.6 Å². The smallest absolute Gasteiger partial charge is 0.251 e. The molecule has 1 amide bonds. The second-order valence-electron chi connectivity index (χ2n) is 4.86. The van der Waals surface area contributed by atoms with Crippen LogP contribution in [0, 0.1) is 5.92 Å². The zero-order valence-electron chi connectivity index (χ0n) is 10.1. The Labute approximate surface area is 101 Å². The molecule has 98 valence electrons. The van der Waals surface area contributed by atoms with Crippen molar-refractivity contribution in [3.8, 4) is 0 Å². The van der Waals surface area contributed by atoms with Crippen molar-refractivity contribution in [2.24, 2.45) is 5.92 Å². The van der Waals surface area contributed by atoms with Crippen molar-refractivity contribution in [2.45, 2.75) is 37.8 Å². The quantitative estimate of drug-likeness (QED) is 0.736. The highest BCUT2D eigenvalue weighted by Gasteiger charge is 2.27. The molecule has 0 aromatic carbocycles. The van der Waals surface area contributed by atoms with Crippen LogP contribution in [0.2, 0.25) is 0 Å². The van der Waals surface area contributed by atoms with E-state index in [0.717, 1.165) is 25.7 Å². The van der Waals surface area contributed by atoms with Crippen molar-refractivity contribution in [3.05, 3.63) is 0 Å². The average molecular weight is 243 g/mol. The van der Waals surface area contributed by atoms with Gasteiger partial charge in [0.25, 0.3) is 5.91 Å². The highest BCUT2D eigenvalue weighted by molar-refractivity contribution is 5.81. The van der Waals surface area contributed by atoms with Crippen LogP contribution < -0.4 is 5.32 Å². The van der Waals surface area contributed by atoms with Gasteiger partial charge in [0.1, 0.15) is 0 Å². The van der Waals surface area contributed by atoms with Gasteiger partial charge in [-0.3, -0.25) is 4.79 Å². The second-order valence-corrected chi connectivity index (χ2v) is 4.86. The molecular weight excluding hydrogens is 222 g/mol. The molecule has 0 bridgehead atoms. The maximum absolute atomic E-state index is 11.9. The van der Waals surface area contributed by atoms with Gasteiger partial charge in [0, 0.05) is 12.6 Å². The molecular formula is C12H21NO4. The Hall–Kier alpha value is -0.650. The Morgan fingerprint density at radius 3 is 2.94 bits per heavy atom. The SMILES string of the molecule is O=C(NC1CCCC(CO)C1)C1COCCO1. The van der Waals surface area contributed by atoms with Crippen LogP contribution in [-0.2, 0) is 14.3 Å². The topological polar surface area (TPSA) is 67.8 Å². The number of amides is 1. The van der Waals surface area contributed by atoms with E-state index in [0.29, 0.717) is 25.7 Å². The van der Waals surface area contributed by atoms with Gasteiger partial charge in [0.15, 0.2) is 6.10 Å². The third-order valence-corrected chi connectivity index (χ3v) is 3.50. The maximum Gasteiger partial charge on any atom is 0.251 e. The van der Waals surface area contributed by atoms with Crippen LogP contribution in [0.25, 0.3) is 0 Å². The van der Waals surface area contributed by atoms with Crippen molar-refractivity contribution >= 4 is 5.91 Å². The van der Waals surface area contributed by atoms with Gasteiger partial charge < -0.3 is 19.9 Å². The number of ether oxygens (including phenoxy) is 2. The molecule has 0 aromatic heterocycles. The molecule has 1 aliphatic carbocycles. The van der Waals surface area contributed by atoms with Crippen molar-refractivity contribution in [1.29, 1.82) is 0 Å². The Balaban J connectivity index is 1.77. The largest absolute Gasteiger partial charge is 0.396 e. The molecule has 0 radical (unpaired) electrons. The number of aliphatic hydroxyl groups excluding tert-OH is 1. The molecule has 3 unspecified atom stereocenters. The molecule has 2 rings (SSSR count). The summed E-state index contributed by atoms with van der Waals surface area (Å²) in [6.45, 7) is 1.62. The number of hydrogen-bond acceptors (Lipinski definition) is 4. The number of carbonyl (C=O) groups excluding carboxylic acids is 1. The molecule has 1 saturated heterocycles. The predicted octanol–water partition coefficient (Wildman–Crippen LogP) is 0.0691. The lowest BCUT2D eigenvalue weighted by Gasteiger charge is -2.30. The van der Waals surface area contributed by atoms with Crippen LogP contribution in [0.15, 0.2) is 0 Å². The molecule has 5 nitrogen and oxygen atoms in total. The summed E-state index contributed by atoms with van der Waals surface area (Å²) in [6, 6.07) is 0.180. The molecule has 0 spiro atoms. The summed E-state index contributed by atoms with van der Waals surface area (Å²) in [5, 5.41) is 12.1. The van der Waals surface area contributed by atoms with E-state index in [-0.39, 0.29) is 18.6 Å². The number of nitrogens with one attached hydrogen (secondary N) is 1. The Morgan fingerprint density at radius 2 is 2.24 bits per heavy atom. The second kappa shape index (κ2) is 6.33. The van der Waals surface area contributed by atoms with E-state index >= 15 is 0 Å². The van der Waals surface area contributed by atoms with E-state index in [2.05, 4.69) is 5.32 Å². The van der Waals surface area contributed by atoms with E-state index < -0.39 is 6.10 Å². The lowest BCUT2D eigenvalue weighted by Crippen LogP contribution is -2.48. The maximum atomic E-state index is 11.9. The summed E-state index contributed by atoms with van der Waals surface area (Å²) in [6.07, 6.45) is 3.54. The summed E-state index contributed by atoms with van der Waals surface area (Å²) < 4.78 is 10.6. The predicted molar refractivity (Wildman–Crippen MR) is 61.5 cm³/mol. The fourth-order valence-corrected chi connectivity index (χ4v) is 2.52. The standard InChI is InChI=1S/C12H21NO4/c14-7-9-2-1-3-10(6-9)13-12(15)11-8-16-4-5-17-11/h9-11,14H,1-8H2,(H,13,15). The Kier molecular flexibility index (Phi) is 4.76. The van der Waals surface area contributed by atoms with E-state index in [4.69, 9.17) is 14.6 Å². The highest BCUT2D eigenvalue weighted by atomic mass is 16.6. The van der Waals surface area contributed by atoms with Crippen LogP contribution in [0.4, 0.5) is 0 Å². The summed E-state index contributed by atoms with van der Waals surface area (Å²) in [7, 11) is 0. The van der Waals surface area contributed by atoms with E-state index in [9.17, 15) is 4.79 Å². The van der Waals surface area contributed by atoms with E-state index in [1.54, 1.807) is 0 Å². The van der Waals surface area contributed by atoms with Gasteiger partial charge in [-0.05, 0) is 25.2 Å². The number of rotatable bonds is 3. The Morgan fingerprint density at radius 1 is 1.35 bits per heavy atom. The minimum atomic E-state index is -0.460. The first kappa shape index (κ1) is 12.8. The fourth-order valence-electron chi connectivity index (χ4n) is 2.52. The zero-order valence-corrected chi connectivity index (χ0v) is 10.1. The molecule has 0 aromatic rings. The molecule has 1 saturated carbocycles. The minimum Gasteiger partial charge on any atom is -0.396 e. The van der Waals surface area contributed by atoms with Crippen molar-refractivity contribution < 1.29 is 19.4 Å². The molecule has 17 heavy (non-hydrogen) atoms. The lowest BCUT2D eigenvalue weighted by molar-refractivity contribution is -0.148. The van der Waals surface area contributed by atoms with Gasteiger partial charge in [0.05, 0.1) is 19.8 Å². The normalized spacial score (nSPS) is 34.3. The van der Waals surface area contributed by atoms with Gasteiger partial charge in [-0.2, -0.15) is 0 Å². The summed E-state index contributed by atoms with van der Waals surface area (Å²) in [5.74, 6) is 0.255. The van der Waals surface area contributed by atoms with Gasteiger partial charge in [-0.1, -0.05) is 6.42 Å². The molecule has 1 heterocycles. The van der Waals surface area contributed by atoms with Gasteiger partial charge >= 0.3 is 0 Å². The Bertz CT molecular complexity index is 253. The zero-order chi connectivity index (χ0) is 12.1.